The molecule has 0 amide bonds. The quantitative estimate of drug-likeness (QED) is 0.0200. The number of carbonyl (C=O) groups is 3. The molecular weight excluding hydrogens is 793 g/mol. The van der Waals surface area contributed by atoms with E-state index in [4.69, 9.17) is 14.2 Å². The molecule has 1 unspecified atom stereocenters. The van der Waals surface area contributed by atoms with E-state index >= 15 is 0 Å². The first kappa shape index (κ1) is 59.3. The Kier molecular flexibility index (Phi) is 47.2. The van der Waals surface area contributed by atoms with Crippen LogP contribution in [0.3, 0.4) is 0 Å². The number of unbranched alkanes of at least 4 members (excludes halogenated alkanes) is 10. The fourth-order valence-electron chi connectivity index (χ4n) is 6.03. The maximum atomic E-state index is 12.8. The second-order valence-corrected chi connectivity index (χ2v) is 15.7. The molecule has 0 fully saturated rings. The third-order valence-corrected chi connectivity index (χ3v) is 9.66. The lowest BCUT2D eigenvalue weighted by atomic mass is 10.1. The highest BCUT2D eigenvalue weighted by atomic mass is 16.6. The molecule has 6 nitrogen and oxygen atoms in total. The van der Waals surface area contributed by atoms with Gasteiger partial charge in [-0.05, 0) is 109 Å². The van der Waals surface area contributed by atoms with Crippen LogP contribution in [-0.4, -0.2) is 37.2 Å². The van der Waals surface area contributed by atoms with Crippen LogP contribution < -0.4 is 0 Å². The smallest absolute Gasteiger partial charge is 0.306 e. The lowest BCUT2D eigenvalue weighted by molar-refractivity contribution is -0.167. The van der Waals surface area contributed by atoms with Crippen molar-refractivity contribution in [2.45, 2.75) is 187 Å². The fraction of sp³-hybridized carbons (Fsp3) is 0.534. The Morgan fingerprint density at radius 1 is 0.328 bits per heavy atom. The van der Waals surface area contributed by atoms with Gasteiger partial charge in [-0.1, -0.05) is 199 Å². The molecule has 0 aromatic carbocycles. The maximum Gasteiger partial charge on any atom is 0.306 e. The van der Waals surface area contributed by atoms with Crippen molar-refractivity contribution in [2.24, 2.45) is 0 Å². The van der Waals surface area contributed by atoms with Gasteiger partial charge in [-0.2, -0.15) is 0 Å². The molecule has 0 aliphatic carbocycles. The first-order valence-electron chi connectivity index (χ1n) is 24.9. The van der Waals surface area contributed by atoms with E-state index in [1.165, 1.54) is 12.8 Å². The Balaban J connectivity index is 4.59. The van der Waals surface area contributed by atoms with Crippen LogP contribution in [0.2, 0.25) is 0 Å². The van der Waals surface area contributed by atoms with E-state index in [-0.39, 0.29) is 44.0 Å². The second-order valence-electron chi connectivity index (χ2n) is 15.7. The van der Waals surface area contributed by atoms with Crippen LogP contribution in [0.1, 0.15) is 181 Å². The molecule has 0 radical (unpaired) electrons. The summed E-state index contributed by atoms with van der Waals surface area (Å²) in [6.07, 6.45) is 72.6. The summed E-state index contributed by atoms with van der Waals surface area (Å²) < 4.78 is 16.7. The average molecular weight is 881 g/mol. The lowest BCUT2D eigenvalue weighted by Crippen LogP contribution is -2.30. The van der Waals surface area contributed by atoms with Crippen LogP contribution in [0.5, 0.6) is 0 Å². The van der Waals surface area contributed by atoms with Crippen molar-refractivity contribution < 1.29 is 28.6 Å². The number of hydrogen-bond acceptors (Lipinski definition) is 6. The van der Waals surface area contributed by atoms with Gasteiger partial charge in [0, 0.05) is 19.3 Å². The normalized spacial score (nSPS) is 13.4. The monoisotopic (exact) mass is 881 g/mol. The molecule has 0 aliphatic rings. The summed E-state index contributed by atoms with van der Waals surface area (Å²) in [5.74, 6) is -1.05. The Hall–Kier alpha value is -4.71. The van der Waals surface area contributed by atoms with E-state index in [9.17, 15) is 14.4 Å². The molecular formula is C58H88O6. The van der Waals surface area contributed by atoms with Crippen molar-refractivity contribution in [2.75, 3.05) is 13.2 Å². The molecule has 0 bridgehead atoms. The molecule has 0 saturated carbocycles. The summed E-state index contributed by atoms with van der Waals surface area (Å²) in [4.78, 5) is 37.9. The third kappa shape index (κ3) is 48.3. The molecule has 356 valence electrons. The number of esters is 3. The SMILES string of the molecule is CC/C=C/C=C/C=C/C=C/CCCCCC(=O)OCC(COC(=O)CCC/C=C/C/C=C/C/C=C/C/C=C/C/C=C/CC)OC(=O)CCCCCCCC/C=C/C/C=C/C/C=C/CC. The number of carbonyl (C=O) groups excluding carboxylic acids is 3. The van der Waals surface area contributed by atoms with Gasteiger partial charge in [0.05, 0.1) is 0 Å². The van der Waals surface area contributed by atoms with Crippen molar-refractivity contribution in [3.05, 3.63) is 146 Å². The van der Waals surface area contributed by atoms with Crippen LogP contribution in [0.4, 0.5) is 0 Å². The largest absolute Gasteiger partial charge is 0.462 e. The van der Waals surface area contributed by atoms with Gasteiger partial charge in [-0.25, -0.2) is 0 Å². The minimum absolute atomic E-state index is 0.128. The molecule has 0 heterocycles. The summed E-state index contributed by atoms with van der Waals surface area (Å²) in [6, 6.07) is 0. The van der Waals surface area contributed by atoms with Crippen LogP contribution in [-0.2, 0) is 28.6 Å². The zero-order valence-corrected chi connectivity index (χ0v) is 40.5. The Bertz CT molecular complexity index is 1480. The molecule has 0 spiro atoms. The molecule has 0 aromatic rings. The summed E-state index contributed by atoms with van der Waals surface area (Å²) in [6.45, 7) is 6.14. The molecule has 6 heteroatoms. The van der Waals surface area contributed by atoms with E-state index in [0.29, 0.717) is 12.8 Å². The third-order valence-electron chi connectivity index (χ3n) is 9.66. The van der Waals surface area contributed by atoms with Crippen LogP contribution >= 0.6 is 0 Å². The molecule has 0 saturated heterocycles. The number of hydrogen-bond donors (Lipinski definition) is 0. The van der Waals surface area contributed by atoms with Crippen molar-refractivity contribution in [3.8, 4) is 0 Å². The minimum Gasteiger partial charge on any atom is -0.462 e. The van der Waals surface area contributed by atoms with Crippen molar-refractivity contribution in [1.82, 2.24) is 0 Å². The van der Waals surface area contributed by atoms with E-state index in [0.717, 1.165) is 122 Å². The van der Waals surface area contributed by atoms with E-state index in [1.54, 1.807) is 0 Å². The van der Waals surface area contributed by atoms with Gasteiger partial charge in [0.25, 0.3) is 0 Å². The highest BCUT2D eigenvalue weighted by Gasteiger charge is 2.19. The van der Waals surface area contributed by atoms with Gasteiger partial charge in [0.2, 0.25) is 0 Å². The molecule has 0 rings (SSSR count). The Labute approximate surface area is 391 Å². The standard InChI is InChI=1S/C58H88O6/c1-4-7-10-13-16-19-22-25-27-29-31-33-36-39-42-45-48-51-57(60)63-54-55(53-62-56(59)50-47-44-41-38-35-32-24-21-18-15-12-9-6-3)64-58(61)52-49-46-43-40-37-34-30-28-26-23-20-17-14-11-8-5-2/h7-12,15-21,24-28,31-33,35,39,42,55H,4-6,13-14,22-23,29-30,34,36-38,40-41,43-54H2,1-3H3/b10-7+,11-8+,12-9+,18-15+,19-16+,20-17+,24-21+,27-25+,28-26+,33-31+,35-32+,42-39+. The van der Waals surface area contributed by atoms with Crippen LogP contribution in [0.15, 0.2) is 146 Å². The van der Waals surface area contributed by atoms with Gasteiger partial charge >= 0.3 is 17.9 Å². The summed E-state index contributed by atoms with van der Waals surface area (Å²) in [5.41, 5.74) is 0. The highest BCUT2D eigenvalue weighted by Crippen LogP contribution is 2.12. The summed E-state index contributed by atoms with van der Waals surface area (Å²) in [7, 11) is 0. The second kappa shape index (κ2) is 50.9. The molecule has 0 N–H and O–H groups in total. The first-order valence-corrected chi connectivity index (χ1v) is 24.9. The zero-order valence-electron chi connectivity index (χ0n) is 40.5. The first-order chi connectivity index (χ1) is 31.5. The van der Waals surface area contributed by atoms with E-state index < -0.39 is 6.10 Å². The minimum atomic E-state index is -0.830. The number of ether oxygens (including phenoxy) is 3. The van der Waals surface area contributed by atoms with Crippen LogP contribution in [0.25, 0.3) is 0 Å². The lowest BCUT2D eigenvalue weighted by Gasteiger charge is -2.18. The molecule has 0 aliphatic heterocycles. The van der Waals surface area contributed by atoms with Gasteiger partial charge < -0.3 is 14.2 Å². The molecule has 64 heavy (non-hydrogen) atoms. The molecule has 1 atom stereocenters. The zero-order chi connectivity index (χ0) is 46.5. The average Bonchev–Trinajstić information content (AvgIpc) is 3.29. The highest BCUT2D eigenvalue weighted by molar-refractivity contribution is 5.71. The van der Waals surface area contributed by atoms with E-state index in [1.807, 2.05) is 36.5 Å². The van der Waals surface area contributed by atoms with Crippen molar-refractivity contribution >= 4 is 17.9 Å². The van der Waals surface area contributed by atoms with Crippen LogP contribution in [0, 0.1) is 0 Å². The number of allylic oxidation sites excluding steroid dienone is 24. The van der Waals surface area contributed by atoms with Gasteiger partial charge in [-0.15, -0.1) is 0 Å². The van der Waals surface area contributed by atoms with E-state index in [2.05, 4.69) is 130 Å². The fourth-order valence-corrected chi connectivity index (χ4v) is 6.03. The Morgan fingerprint density at radius 3 is 1.14 bits per heavy atom. The van der Waals surface area contributed by atoms with Crippen molar-refractivity contribution in [1.29, 1.82) is 0 Å². The topological polar surface area (TPSA) is 78.9 Å². The van der Waals surface area contributed by atoms with Crippen molar-refractivity contribution in [3.63, 3.8) is 0 Å². The van der Waals surface area contributed by atoms with Gasteiger partial charge in [0.15, 0.2) is 6.10 Å². The Morgan fingerprint density at radius 2 is 0.656 bits per heavy atom. The number of rotatable bonds is 42. The van der Waals surface area contributed by atoms with Gasteiger partial charge in [0.1, 0.15) is 13.2 Å². The van der Waals surface area contributed by atoms with Gasteiger partial charge in [-0.3, -0.25) is 14.4 Å². The maximum absolute atomic E-state index is 12.8. The predicted molar refractivity (Wildman–Crippen MR) is 274 cm³/mol. The predicted octanol–water partition coefficient (Wildman–Crippen LogP) is 16.5. The summed E-state index contributed by atoms with van der Waals surface area (Å²) in [5, 5.41) is 0. The molecule has 0 aromatic heterocycles. The summed E-state index contributed by atoms with van der Waals surface area (Å²) >= 11 is 0.